The first-order valence-electron chi connectivity index (χ1n) is 12.0. The third-order valence-electron chi connectivity index (χ3n) is 6.85. The van der Waals surface area contributed by atoms with E-state index in [9.17, 15) is 13.9 Å². The molecule has 4 rings (SSSR count). The quantitative estimate of drug-likeness (QED) is 0.487. The van der Waals surface area contributed by atoms with Crippen LogP contribution >= 0.6 is 0 Å². The molecule has 1 aliphatic rings. The fourth-order valence-electron chi connectivity index (χ4n) is 4.53. The Hall–Kier alpha value is -2.98. The lowest BCUT2D eigenvalue weighted by molar-refractivity contribution is -0.170. The van der Waals surface area contributed by atoms with Crippen molar-refractivity contribution >= 4 is 22.5 Å². The van der Waals surface area contributed by atoms with Crippen LogP contribution in [0.2, 0.25) is 0 Å². The number of likely N-dealkylation sites (N-methyl/N-ethyl adjacent to an activating group) is 1. The first-order valence-corrected chi connectivity index (χ1v) is 12.0. The zero-order valence-electron chi connectivity index (χ0n) is 21.5. The summed E-state index contributed by atoms with van der Waals surface area (Å²) in [7, 11) is 4.13. The van der Waals surface area contributed by atoms with Gasteiger partial charge in [-0.3, -0.25) is 0 Å². The second-order valence-electron chi connectivity index (χ2n) is 10.2. The number of aryl methyl sites for hydroxylation is 1. The molecule has 36 heavy (non-hydrogen) atoms. The van der Waals surface area contributed by atoms with E-state index in [0.29, 0.717) is 28.6 Å². The number of nitrogens with one attached hydrogen (secondary N) is 1. The van der Waals surface area contributed by atoms with Gasteiger partial charge in [0.25, 0.3) is 0 Å². The topological polar surface area (TPSA) is 77.4 Å². The Morgan fingerprint density at radius 2 is 1.94 bits per heavy atom. The summed E-state index contributed by atoms with van der Waals surface area (Å²) < 4.78 is 44.9. The van der Waals surface area contributed by atoms with Gasteiger partial charge in [-0.25, -0.2) is 19.3 Å². The summed E-state index contributed by atoms with van der Waals surface area (Å²) in [6, 6.07) is 5.48. The molecule has 194 valence electrons. The Labute approximate surface area is 209 Å². The van der Waals surface area contributed by atoms with Gasteiger partial charge in [0.15, 0.2) is 0 Å². The maximum absolute atomic E-state index is 15.3. The average molecular weight is 503 g/mol. The molecule has 0 spiro atoms. The van der Waals surface area contributed by atoms with Gasteiger partial charge in [0.1, 0.15) is 28.9 Å². The second kappa shape index (κ2) is 9.48. The molecule has 0 amide bonds. The van der Waals surface area contributed by atoms with E-state index in [-0.39, 0.29) is 5.56 Å². The van der Waals surface area contributed by atoms with Crippen LogP contribution in [-0.4, -0.2) is 63.8 Å². The third-order valence-corrected chi connectivity index (χ3v) is 6.85. The molecular weight excluding hydrogens is 469 g/mol. The molecule has 7 nitrogen and oxygen atoms in total. The molecule has 10 heteroatoms. The molecule has 0 saturated carbocycles. The van der Waals surface area contributed by atoms with E-state index in [1.807, 2.05) is 6.07 Å². The van der Waals surface area contributed by atoms with Gasteiger partial charge in [-0.1, -0.05) is 12.1 Å². The fraction of sp³-hybridized carbons (Fsp3) is 0.500. The number of hydrogen-bond donors (Lipinski definition) is 2. The minimum atomic E-state index is -3.77. The zero-order valence-corrected chi connectivity index (χ0v) is 21.5. The Balaban J connectivity index is 1.68. The minimum Gasteiger partial charge on any atom is -0.384 e. The van der Waals surface area contributed by atoms with Crippen molar-refractivity contribution < 1.29 is 18.3 Å². The van der Waals surface area contributed by atoms with Gasteiger partial charge in [0.05, 0.1) is 23.3 Å². The van der Waals surface area contributed by atoms with Gasteiger partial charge in [-0.05, 0) is 60.3 Å². The number of pyridine rings is 1. The van der Waals surface area contributed by atoms with Crippen LogP contribution in [0.4, 0.5) is 24.8 Å². The van der Waals surface area contributed by atoms with Gasteiger partial charge in [-0.15, -0.1) is 0 Å². The molecule has 3 aromatic rings. The van der Waals surface area contributed by atoms with E-state index >= 15 is 4.39 Å². The number of aliphatic hydroxyl groups is 1. The van der Waals surface area contributed by atoms with Crippen LogP contribution in [0.15, 0.2) is 30.5 Å². The highest BCUT2D eigenvalue weighted by Gasteiger charge is 2.49. The average Bonchev–Trinajstić information content (AvgIpc) is 3.28. The highest BCUT2D eigenvalue weighted by molar-refractivity contribution is 5.90. The van der Waals surface area contributed by atoms with Crippen molar-refractivity contribution in [1.29, 1.82) is 0 Å². The van der Waals surface area contributed by atoms with Crippen molar-refractivity contribution in [3.63, 3.8) is 0 Å². The molecule has 0 unspecified atom stereocenters. The number of anilines is 2. The number of hydrogen-bond acceptors (Lipinski definition) is 7. The lowest BCUT2D eigenvalue weighted by Gasteiger charge is -2.30. The Morgan fingerprint density at radius 3 is 2.58 bits per heavy atom. The maximum atomic E-state index is 15.3. The third kappa shape index (κ3) is 4.84. The molecule has 2 atom stereocenters. The number of nitrogens with zero attached hydrogens (tertiary/aromatic N) is 5. The number of aromatic nitrogens is 3. The van der Waals surface area contributed by atoms with Gasteiger partial charge in [-0.2, -0.15) is 8.78 Å². The summed E-state index contributed by atoms with van der Waals surface area (Å²) in [5, 5.41) is 13.8. The Bertz CT molecular complexity index is 1260. The monoisotopic (exact) mass is 502 g/mol. The largest absolute Gasteiger partial charge is 0.384 e. The Morgan fingerprint density at radius 1 is 1.22 bits per heavy atom. The molecule has 1 fully saturated rings. The van der Waals surface area contributed by atoms with Gasteiger partial charge in [0, 0.05) is 30.1 Å². The number of benzene rings is 1. The van der Waals surface area contributed by atoms with Gasteiger partial charge < -0.3 is 20.2 Å². The fourth-order valence-corrected chi connectivity index (χ4v) is 4.53. The van der Waals surface area contributed by atoms with E-state index in [0.717, 1.165) is 45.2 Å². The van der Waals surface area contributed by atoms with Crippen LogP contribution in [-0.2, 0) is 5.92 Å². The van der Waals surface area contributed by atoms with E-state index in [2.05, 4.69) is 44.2 Å². The molecule has 0 aliphatic carbocycles. The van der Waals surface area contributed by atoms with Crippen molar-refractivity contribution in [3.8, 4) is 0 Å². The second-order valence-corrected chi connectivity index (χ2v) is 10.2. The smallest absolute Gasteiger partial charge is 0.303 e. The molecule has 2 aromatic heterocycles. The van der Waals surface area contributed by atoms with E-state index in [1.54, 1.807) is 20.0 Å². The maximum Gasteiger partial charge on any atom is 0.303 e. The summed E-state index contributed by atoms with van der Waals surface area (Å²) >= 11 is 0. The van der Waals surface area contributed by atoms with Crippen LogP contribution in [0.3, 0.4) is 0 Å². The summed E-state index contributed by atoms with van der Waals surface area (Å²) in [6.07, 6.45) is 2.73. The summed E-state index contributed by atoms with van der Waals surface area (Å²) in [5.41, 5.74) is -2.59. The molecule has 1 aromatic carbocycles. The van der Waals surface area contributed by atoms with E-state index in [4.69, 9.17) is 0 Å². The number of alkyl halides is 2. The molecule has 1 aliphatic heterocycles. The number of rotatable bonds is 7. The molecule has 0 radical (unpaired) electrons. The van der Waals surface area contributed by atoms with E-state index in [1.165, 1.54) is 12.1 Å². The molecule has 1 saturated heterocycles. The zero-order chi connectivity index (χ0) is 26.4. The van der Waals surface area contributed by atoms with E-state index < -0.39 is 28.9 Å². The first-order chi connectivity index (χ1) is 16.8. The predicted molar refractivity (Wildman–Crippen MR) is 135 cm³/mol. The van der Waals surface area contributed by atoms with Crippen LogP contribution in [0.1, 0.15) is 50.2 Å². The van der Waals surface area contributed by atoms with Crippen LogP contribution in [0, 0.1) is 12.7 Å². The van der Waals surface area contributed by atoms with Crippen molar-refractivity contribution in [2.24, 2.45) is 0 Å². The summed E-state index contributed by atoms with van der Waals surface area (Å²) in [4.78, 5) is 18.0. The van der Waals surface area contributed by atoms with Gasteiger partial charge in [0.2, 0.25) is 0 Å². The molecule has 3 heterocycles. The standard InChI is InChI=1S/C26H33F3N6O/c1-15(18-8-7-9-20(23(18)27)26(28,29)25(3,4)36)31-24-19-12-22(30-13-21(19)32-16(2)33-24)35-11-10-17(14-35)34(5)6/h7-9,12-13,15,17,36H,10-11,14H2,1-6H3,(H,31,32,33)/t15-,17-/m1/s1. The molecule has 0 bridgehead atoms. The molecular formula is C26H33F3N6O. The Kier molecular flexibility index (Phi) is 6.87. The SMILES string of the molecule is Cc1nc(N[C@H](C)c2cccc(C(F)(F)C(C)(C)O)c2F)c2cc(N3CC[C@@H](N(C)C)C3)ncc2n1. The van der Waals surface area contributed by atoms with Crippen LogP contribution in [0.5, 0.6) is 0 Å². The van der Waals surface area contributed by atoms with Gasteiger partial charge >= 0.3 is 5.92 Å². The minimum absolute atomic E-state index is 0.0449. The summed E-state index contributed by atoms with van der Waals surface area (Å²) in [5.74, 6) is -3.06. The van der Waals surface area contributed by atoms with Crippen molar-refractivity contribution in [3.05, 3.63) is 53.2 Å². The lowest BCUT2D eigenvalue weighted by atomic mass is 9.91. The van der Waals surface area contributed by atoms with Crippen LogP contribution < -0.4 is 10.2 Å². The first kappa shape index (κ1) is 26.1. The predicted octanol–water partition coefficient (Wildman–Crippen LogP) is 4.65. The number of halogens is 3. The molecule has 2 N–H and O–H groups in total. The van der Waals surface area contributed by atoms with Crippen LogP contribution in [0.25, 0.3) is 10.9 Å². The normalized spacial score (nSPS) is 17.8. The van der Waals surface area contributed by atoms with Crippen molar-refractivity contribution in [2.75, 3.05) is 37.4 Å². The highest BCUT2D eigenvalue weighted by Crippen LogP contribution is 2.41. The lowest BCUT2D eigenvalue weighted by Crippen LogP contribution is -2.41. The van der Waals surface area contributed by atoms with Crippen molar-refractivity contribution in [2.45, 2.75) is 57.7 Å². The highest BCUT2D eigenvalue weighted by atomic mass is 19.3. The number of fused-ring (bicyclic) bond motifs is 1. The van der Waals surface area contributed by atoms with Crippen molar-refractivity contribution in [1.82, 2.24) is 19.9 Å². The summed E-state index contributed by atoms with van der Waals surface area (Å²) in [6.45, 7) is 7.08.